The van der Waals surface area contributed by atoms with Crippen LogP contribution in [0.3, 0.4) is 0 Å². The normalized spacial score (nSPS) is 18.8. The molecule has 2 aromatic rings. The molecule has 142 valence electrons. The minimum absolute atomic E-state index is 0.171. The first-order valence-corrected chi connectivity index (χ1v) is 10.3. The van der Waals surface area contributed by atoms with Gasteiger partial charge in [-0.1, -0.05) is 0 Å². The van der Waals surface area contributed by atoms with Crippen LogP contribution in [0.25, 0.3) is 0 Å². The van der Waals surface area contributed by atoms with Crippen LogP contribution in [0.1, 0.15) is 29.9 Å². The molecular weight excluding hydrogens is 352 g/mol. The van der Waals surface area contributed by atoms with E-state index >= 15 is 0 Å². The maximum atomic E-state index is 13.1. The first-order chi connectivity index (χ1) is 12.3. The summed E-state index contributed by atoms with van der Waals surface area (Å²) >= 11 is 0. The van der Waals surface area contributed by atoms with Gasteiger partial charge in [-0.2, -0.15) is 9.40 Å². The molecule has 26 heavy (non-hydrogen) atoms. The summed E-state index contributed by atoms with van der Waals surface area (Å²) in [5, 5.41) is 4.26. The number of pyridine rings is 1. The van der Waals surface area contributed by atoms with Crippen LogP contribution in [0.2, 0.25) is 0 Å². The van der Waals surface area contributed by atoms with E-state index in [1.807, 2.05) is 19.1 Å². The standard InChI is InChI=1S/C18H26N4O3S/c1-13-10-17(7-8-19-13)25-12-16-6-5-9-22(11-16)26(23,24)18-14(2)20-21(4)15(18)3/h7-8,10,16H,5-6,9,11-12H2,1-4H3. The maximum absolute atomic E-state index is 13.1. The summed E-state index contributed by atoms with van der Waals surface area (Å²) in [6.07, 6.45) is 3.51. The van der Waals surface area contributed by atoms with E-state index in [2.05, 4.69) is 10.1 Å². The van der Waals surface area contributed by atoms with E-state index in [0.29, 0.717) is 36.0 Å². The van der Waals surface area contributed by atoms with Gasteiger partial charge in [0, 0.05) is 44.0 Å². The summed E-state index contributed by atoms with van der Waals surface area (Å²) in [7, 11) is -1.77. The molecule has 1 saturated heterocycles. The largest absolute Gasteiger partial charge is 0.493 e. The van der Waals surface area contributed by atoms with Crippen molar-refractivity contribution in [3.05, 3.63) is 35.4 Å². The molecular formula is C18H26N4O3S. The minimum atomic E-state index is -3.54. The van der Waals surface area contributed by atoms with Crippen LogP contribution in [-0.2, 0) is 17.1 Å². The highest BCUT2D eigenvalue weighted by atomic mass is 32.2. The summed E-state index contributed by atoms with van der Waals surface area (Å²) in [5.41, 5.74) is 2.13. The summed E-state index contributed by atoms with van der Waals surface area (Å²) in [6.45, 7) is 6.97. The summed E-state index contributed by atoms with van der Waals surface area (Å²) in [4.78, 5) is 4.49. The van der Waals surface area contributed by atoms with Gasteiger partial charge in [0.2, 0.25) is 10.0 Å². The van der Waals surface area contributed by atoms with E-state index in [9.17, 15) is 8.42 Å². The first kappa shape index (κ1) is 18.8. The van der Waals surface area contributed by atoms with Gasteiger partial charge in [0.1, 0.15) is 10.6 Å². The Morgan fingerprint density at radius 2 is 2.08 bits per heavy atom. The molecule has 7 nitrogen and oxygen atoms in total. The topological polar surface area (TPSA) is 77.3 Å². The molecule has 0 N–H and O–H groups in total. The third-order valence-corrected chi connectivity index (χ3v) is 6.99. The monoisotopic (exact) mass is 378 g/mol. The molecule has 8 heteroatoms. The molecule has 0 aromatic carbocycles. The van der Waals surface area contributed by atoms with Gasteiger partial charge in [0.15, 0.2) is 0 Å². The van der Waals surface area contributed by atoms with Crippen molar-refractivity contribution < 1.29 is 13.2 Å². The number of hydrogen-bond donors (Lipinski definition) is 0. The number of aryl methyl sites for hydroxylation is 3. The third kappa shape index (κ3) is 3.76. The number of ether oxygens (including phenoxy) is 1. The Balaban J connectivity index is 1.71. The van der Waals surface area contributed by atoms with Gasteiger partial charge in [-0.25, -0.2) is 8.42 Å². The fourth-order valence-corrected chi connectivity index (χ4v) is 5.42. The summed E-state index contributed by atoms with van der Waals surface area (Å²) in [5.74, 6) is 0.945. The van der Waals surface area contributed by atoms with Crippen LogP contribution < -0.4 is 4.74 Å². The molecule has 0 aliphatic carbocycles. The fourth-order valence-electron chi connectivity index (χ4n) is 3.46. The molecule has 1 atom stereocenters. The number of nitrogens with zero attached hydrogens (tertiary/aromatic N) is 4. The predicted octanol–water partition coefficient (Wildman–Crippen LogP) is 2.22. The van der Waals surface area contributed by atoms with Crippen LogP contribution in [0.4, 0.5) is 0 Å². The number of hydrogen-bond acceptors (Lipinski definition) is 5. The van der Waals surface area contributed by atoms with Crippen molar-refractivity contribution in [2.75, 3.05) is 19.7 Å². The van der Waals surface area contributed by atoms with Crippen molar-refractivity contribution in [2.24, 2.45) is 13.0 Å². The number of rotatable bonds is 5. The molecule has 3 heterocycles. The van der Waals surface area contributed by atoms with Crippen molar-refractivity contribution >= 4 is 10.0 Å². The average molecular weight is 378 g/mol. The predicted molar refractivity (Wildman–Crippen MR) is 98.6 cm³/mol. The Morgan fingerprint density at radius 1 is 1.31 bits per heavy atom. The second-order valence-corrected chi connectivity index (χ2v) is 8.81. The minimum Gasteiger partial charge on any atom is -0.493 e. The van der Waals surface area contributed by atoms with Crippen LogP contribution >= 0.6 is 0 Å². The molecule has 0 amide bonds. The van der Waals surface area contributed by atoms with E-state index in [1.165, 1.54) is 0 Å². The highest BCUT2D eigenvalue weighted by Crippen LogP contribution is 2.28. The van der Waals surface area contributed by atoms with E-state index < -0.39 is 10.0 Å². The van der Waals surface area contributed by atoms with Crippen molar-refractivity contribution in [1.29, 1.82) is 0 Å². The van der Waals surface area contributed by atoms with Gasteiger partial charge in [-0.3, -0.25) is 9.67 Å². The Kier molecular flexibility index (Phi) is 5.34. The molecule has 0 radical (unpaired) electrons. The van der Waals surface area contributed by atoms with Gasteiger partial charge < -0.3 is 4.74 Å². The second kappa shape index (κ2) is 7.36. The zero-order valence-electron chi connectivity index (χ0n) is 15.8. The number of aromatic nitrogens is 3. The lowest BCUT2D eigenvalue weighted by Gasteiger charge is -2.31. The van der Waals surface area contributed by atoms with Crippen molar-refractivity contribution in [2.45, 2.75) is 38.5 Å². The van der Waals surface area contributed by atoms with Crippen molar-refractivity contribution in [1.82, 2.24) is 19.1 Å². The van der Waals surface area contributed by atoms with Crippen LogP contribution in [-0.4, -0.2) is 47.2 Å². The van der Waals surface area contributed by atoms with Gasteiger partial charge in [0.05, 0.1) is 18.0 Å². The van der Waals surface area contributed by atoms with Gasteiger partial charge >= 0.3 is 0 Å². The first-order valence-electron chi connectivity index (χ1n) is 8.85. The van der Waals surface area contributed by atoms with Gasteiger partial charge in [-0.15, -0.1) is 0 Å². The van der Waals surface area contributed by atoms with E-state index in [-0.39, 0.29) is 5.92 Å². The van der Waals surface area contributed by atoms with E-state index in [0.717, 1.165) is 24.3 Å². The lowest BCUT2D eigenvalue weighted by Crippen LogP contribution is -2.41. The molecule has 2 aromatic heterocycles. The molecule has 1 aliphatic heterocycles. The molecule has 3 rings (SSSR count). The molecule has 1 aliphatic rings. The molecule has 1 fully saturated rings. The smallest absolute Gasteiger partial charge is 0.246 e. The Bertz CT molecular complexity index is 892. The lowest BCUT2D eigenvalue weighted by molar-refractivity contribution is 0.180. The van der Waals surface area contributed by atoms with Crippen molar-refractivity contribution in [3.63, 3.8) is 0 Å². The van der Waals surface area contributed by atoms with Gasteiger partial charge in [-0.05, 0) is 39.7 Å². The lowest BCUT2D eigenvalue weighted by atomic mass is 10.0. The highest BCUT2D eigenvalue weighted by molar-refractivity contribution is 7.89. The van der Waals surface area contributed by atoms with Crippen molar-refractivity contribution in [3.8, 4) is 5.75 Å². The van der Waals surface area contributed by atoms with E-state index in [1.54, 1.807) is 36.1 Å². The highest BCUT2D eigenvalue weighted by Gasteiger charge is 2.34. The SMILES string of the molecule is Cc1cc(OCC2CCCN(S(=O)(=O)c3c(C)nn(C)c3C)C2)ccn1. The van der Waals surface area contributed by atoms with E-state index in [4.69, 9.17) is 4.74 Å². The average Bonchev–Trinajstić information content (AvgIpc) is 2.86. The molecule has 0 saturated carbocycles. The fraction of sp³-hybridized carbons (Fsp3) is 0.556. The molecule has 0 spiro atoms. The van der Waals surface area contributed by atoms with Crippen LogP contribution in [0, 0.1) is 26.7 Å². The molecule has 0 bridgehead atoms. The quantitative estimate of drug-likeness (QED) is 0.797. The second-order valence-electron chi connectivity index (χ2n) is 6.94. The Morgan fingerprint density at radius 3 is 2.73 bits per heavy atom. The summed E-state index contributed by atoms with van der Waals surface area (Å²) < 4.78 is 35.3. The molecule has 1 unspecified atom stereocenters. The number of sulfonamides is 1. The Hall–Kier alpha value is -1.93. The number of piperidine rings is 1. The zero-order valence-corrected chi connectivity index (χ0v) is 16.6. The van der Waals surface area contributed by atoms with Crippen LogP contribution in [0.15, 0.2) is 23.2 Å². The van der Waals surface area contributed by atoms with Crippen LogP contribution in [0.5, 0.6) is 5.75 Å². The third-order valence-electron chi connectivity index (χ3n) is 4.88. The zero-order chi connectivity index (χ0) is 18.9. The Labute approximate surface area is 155 Å². The summed E-state index contributed by atoms with van der Waals surface area (Å²) in [6, 6.07) is 3.71. The van der Waals surface area contributed by atoms with Gasteiger partial charge in [0.25, 0.3) is 0 Å². The maximum Gasteiger partial charge on any atom is 0.246 e.